The Morgan fingerprint density at radius 3 is 2.55 bits per heavy atom. The van der Waals surface area contributed by atoms with Crippen LogP contribution >= 0.6 is 11.6 Å². The van der Waals surface area contributed by atoms with Gasteiger partial charge in [0.1, 0.15) is 5.56 Å². The van der Waals surface area contributed by atoms with Gasteiger partial charge >= 0.3 is 0 Å². The van der Waals surface area contributed by atoms with Crippen molar-refractivity contribution >= 4 is 23.2 Å². The minimum Gasteiger partial charge on any atom is -0.348 e. The highest BCUT2D eigenvalue weighted by atomic mass is 35.5. The highest BCUT2D eigenvalue weighted by Gasteiger charge is 2.18. The van der Waals surface area contributed by atoms with Crippen LogP contribution in [0.25, 0.3) is 5.65 Å². The number of nitrogens with one attached hydrogen (secondary N) is 1. The van der Waals surface area contributed by atoms with Crippen molar-refractivity contribution in [2.24, 2.45) is 0 Å². The molecule has 5 nitrogen and oxygen atoms in total. The molecule has 0 saturated heterocycles. The van der Waals surface area contributed by atoms with Crippen molar-refractivity contribution in [1.29, 1.82) is 0 Å². The topological polar surface area (TPSA) is 59.3 Å². The predicted molar refractivity (Wildman–Crippen MR) is 114 cm³/mol. The number of nitrogens with zero attached hydrogens (tertiary/aromatic N) is 3. The first kappa shape index (κ1) is 19.2. The van der Waals surface area contributed by atoms with Gasteiger partial charge in [0, 0.05) is 29.4 Å². The summed E-state index contributed by atoms with van der Waals surface area (Å²) in [6, 6.07) is 17.6. The van der Waals surface area contributed by atoms with Crippen molar-refractivity contribution in [3.05, 3.63) is 99.5 Å². The molecular weight excluding hydrogens is 384 g/mol. The SMILES string of the molecule is Cc1nc2c(C(=O)NCc3ccccc3)cnn2c(C)c1Cc1ccccc1Cl. The summed E-state index contributed by atoms with van der Waals surface area (Å²) in [6.07, 6.45) is 2.24. The van der Waals surface area contributed by atoms with E-state index in [4.69, 9.17) is 16.6 Å². The van der Waals surface area contributed by atoms with Crippen LogP contribution in [0.15, 0.2) is 60.8 Å². The molecule has 0 atom stereocenters. The summed E-state index contributed by atoms with van der Waals surface area (Å²) >= 11 is 6.33. The number of fused-ring (bicyclic) bond motifs is 1. The number of amides is 1. The van der Waals surface area contributed by atoms with Crippen molar-refractivity contribution < 1.29 is 4.79 Å². The van der Waals surface area contributed by atoms with Gasteiger partial charge in [-0.2, -0.15) is 5.10 Å². The van der Waals surface area contributed by atoms with E-state index in [1.807, 2.05) is 68.4 Å². The van der Waals surface area contributed by atoms with Crippen LogP contribution in [0.5, 0.6) is 0 Å². The first-order valence-electron chi connectivity index (χ1n) is 9.44. The van der Waals surface area contributed by atoms with E-state index in [0.717, 1.165) is 33.1 Å². The lowest BCUT2D eigenvalue weighted by atomic mass is 10.0. The monoisotopic (exact) mass is 404 g/mol. The van der Waals surface area contributed by atoms with Crippen LogP contribution in [-0.2, 0) is 13.0 Å². The van der Waals surface area contributed by atoms with Crippen LogP contribution in [0.2, 0.25) is 5.02 Å². The Labute approximate surface area is 174 Å². The molecule has 0 aliphatic rings. The van der Waals surface area contributed by atoms with Crippen LogP contribution in [-0.4, -0.2) is 20.5 Å². The molecule has 1 N–H and O–H groups in total. The Bertz CT molecular complexity index is 1180. The summed E-state index contributed by atoms with van der Waals surface area (Å²) in [5.74, 6) is -0.186. The number of carbonyl (C=O) groups excluding carboxylic acids is 1. The van der Waals surface area contributed by atoms with E-state index >= 15 is 0 Å². The average molecular weight is 405 g/mol. The first-order chi connectivity index (χ1) is 14.0. The summed E-state index contributed by atoms with van der Waals surface area (Å²) in [5.41, 5.74) is 5.99. The second-order valence-corrected chi connectivity index (χ2v) is 7.40. The number of hydrogen-bond donors (Lipinski definition) is 1. The van der Waals surface area contributed by atoms with Crippen molar-refractivity contribution in [3.8, 4) is 0 Å². The molecule has 4 rings (SSSR count). The Morgan fingerprint density at radius 1 is 1.07 bits per heavy atom. The minimum atomic E-state index is -0.186. The van der Waals surface area contributed by atoms with Crippen LogP contribution < -0.4 is 5.32 Å². The summed E-state index contributed by atoms with van der Waals surface area (Å²) in [4.78, 5) is 17.4. The molecule has 2 heterocycles. The maximum atomic E-state index is 12.7. The van der Waals surface area contributed by atoms with Gasteiger partial charge in [-0.1, -0.05) is 60.1 Å². The number of hydrogen-bond acceptors (Lipinski definition) is 3. The van der Waals surface area contributed by atoms with Crippen molar-refractivity contribution in [3.63, 3.8) is 0 Å². The quantitative estimate of drug-likeness (QED) is 0.532. The second-order valence-electron chi connectivity index (χ2n) is 6.99. The fourth-order valence-corrected chi connectivity index (χ4v) is 3.64. The van der Waals surface area contributed by atoms with Gasteiger partial charge in [-0.3, -0.25) is 4.79 Å². The highest BCUT2D eigenvalue weighted by molar-refractivity contribution is 6.31. The summed E-state index contributed by atoms with van der Waals surface area (Å²) in [5, 5.41) is 8.09. The second kappa shape index (κ2) is 8.05. The number of aryl methyl sites for hydroxylation is 2. The molecular formula is C23H21ClN4O. The van der Waals surface area contributed by atoms with Crippen LogP contribution in [0.3, 0.4) is 0 Å². The fraction of sp³-hybridized carbons (Fsp3) is 0.174. The maximum absolute atomic E-state index is 12.7. The molecule has 0 unspecified atom stereocenters. The molecule has 2 aromatic carbocycles. The van der Waals surface area contributed by atoms with Gasteiger partial charge in [-0.25, -0.2) is 9.50 Å². The van der Waals surface area contributed by atoms with Crippen LogP contribution in [0.4, 0.5) is 0 Å². The molecule has 29 heavy (non-hydrogen) atoms. The predicted octanol–water partition coefficient (Wildman–Crippen LogP) is 4.52. The molecule has 1 amide bonds. The summed E-state index contributed by atoms with van der Waals surface area (Å²) < 4.78 is 1.73. The van der Waals surface area contributed by atoms with E-state index in [1.54, 1.807) is 10.7 Å². The zero-order valence-corrected chi connectivity index (χ0v) is 17.1. The average Bonchev–Trinajstić information content (AvgIpc) is 3.15. The standard InChI is InChI=1S/C23H21ClN4O/c1-15-19(12-18-10-6-7-11-21(18)24)16(2)28-22(27-15)20(14-26-28)23(29)25-13-17-8-4-3-5-9-17/h3-11,14H,12-13H2,1-2H3,(H,25,29). The molecule has 0 radical (unpaired) electrons. The lowest BCUT2D eigenvalue weighted by molar-refractivity contribution is 0.0952. The van der Waals surface area contributed by atoms with Crippen molar-refractivity contribution in [1.82, 2.24) is 19.9 Å². The Kier molecular flexibility index (Phi) is 5.32. The largest absolute Gasteiger partial charge is 0.348 e. The number of halogens is 1. The van der Waals surface area contributed by atoms with E-state index in [9.17, 15) is 4.79 Å². The third kappa shape index (κ3) is 3.87. The van der Waals surface area contributed by atoms with E-state index < -0.39 is 0 Å². The maximum Gasteiger partial charge on any atom is 0.257 e. The Morgan fingerprint density at radius 2 is 1.79 bits per heavy atom. The smallest absolute Gasteiger partial charge is 0.257 e. The fourth-order valence-electron chi connectivity index (χ4n) is 3.43. The van der Waals surface area contributed by atoms with Gasteiger partial charge in [0.05, 0.1) is 6.20 Å². The van der Waals surface area contributed by atoms with Gasteiger partial charge in [0.2, 0.25) is 0 Å². The van der Waals surface area contributed by atoms with Gasteiger partial charge in [0.15, 0.2) is 5.65 Å². The van der Waals surface area contributed by atoms with E-state index in [1.165, 1.54) is 0 Å². The third-order valence-electron chi connectivity index (χ3n) is 5.07. The van der Waals surface area contributed by atoms with E-state index in [2.05, 4.69) is 10.4 Å². The summed E-state index contributed by atoms with van der Waals surface area (Å²) in [6.45, 7) is 4.41. The normalized spacial score (nSPS) is 11.0. The highest BCUT2D eigenvalue weighted by Crippen LogP contribution is 2.24. The molecule has 0 spiro atoms. The van der Waals surface area contributed by atoms with Crippen molar-refractivity contribution in [2.45, 2.75) is 26.8 Å². The van der Waals surface area contributed by atoms with E-state index in [-0.39, 0.29) is 5.91 Å². The van der Waals surface area contributed by atoms with Gasteiger partial charge in [-0.05, 0) is 36.6 Å². The Balaban J connectivity index is 1.63. The van der Waals surface area contributed by atoms with Crippen LogP contribution in [0, 0.1) is 13.8 Å². The van der Waals surface area contributed by atoms with Gasteiger partial charge in [-0.15, -0.1) is 0 Å². The number of aromatic nitrogens is 3. The lowest BCUT2D eigenvalue weighted by Gasteiger charge is -2.12. The molecule has 4 aromatic rings. The first-order valence-corrected chi connectivity index (χ1v) is 9.81. The summed E-state index contributed by atoms with van der Waals surface area (Å²) in [7, 11) is 0. The van der Waals surface area contributed by atoms with Gasteiger partial charge < -0.3 is 5.32 Å². The number of benzene rings is 2. The molecule has 146 valence electrons. The third-order valence-corrected chi connectivity index (χ3v) is 5.44. The van der Waals surface area contributed by atoms with E-state index in [0.29, 0.717) is 24.2 Å². The molecule has 2 aromatic heterocycles. The number of carbonyl (C=O) groups is 1. The molecule has 0 saturated carbocycles. The zero-order valence-electron chi connectivity index (χ0n) is 16.3. The minimum absolute atomic E-state index is 0.186. The van der Waals surface area contributed by atoms with Crippen molar-refractivity contribution in [2.75, 3.05) is 0 Å². The molecule has 0 aliphatic carbocycles. The Hall–Kier alpha value is -3.18. The van der Waals surface area contributed by atoms with Gasteiger partial charge in [0.25, 0.3) is 5.91 Å². The van der Waals surface area contributed by atoms with Crippen LogP contribution in [0.1, 0.15) is 38.4 Å². The molecule has 0 aliphatic heterocycles. The number of rotatable bonds is 5. The molecule has 0 bridgehead atoms. The zero-order chi connectivity index (χ0) is 20.4. The molecule has 6 heteroatoms. The molecule has 0 fully saturated rings. The lowest BCUT2D eigenvalue weighted by Crippen LogP contribution is -2.23.